The maximum atomic E-state index is 13.9. The first kappa shape index (κ1) is 17.5. The lowest BCUT2D eigenvalue weighted by molar-refractivity contribution is 0.200. The summed E-state index contributed by atoms with van der Waals surface area (Å²) >= 11 is 0. The summed E-state index contributed by atoms with van der Waals surface area (Å²) in [5.41, 5.74) is 1.32. The molecule has 1 aliphatic heterocycles. The molecule has 27 heavy (non-hydrogen) atoms. The monoisotopic (exact) mass is 375 g/mol. The van der Waals surface area contributed by atoms with E-state index in [4.69, 9.17) is 9.15 Å². The fourth-order valence-corrected chi connectivity index (χ4v) is 3.30. The van der Waals surface area contributed by atoms with Crippen molar-refractivity contribution in [3.8, 4) is 5.75 Å². The van der Waals surface area contributed by atoms with Gasteiger partial charge in [-0.2, -0.15) is 0 Å². The number of anilines is 1. The predicted octanol–water partition coefficient (Wildman–Crippen LogP) is 2.60. The SMILES string of the molecule is O=c1[nH]c2cc(F)cc(N3CCN(CCOc4cccc(F)c4)CC3)c2o1. The smallest absolute Gasteiger partial charge is 0.417 e. The van der Waals surface area contributed by atoms with Crippen LogP contribution in [0.3, 0.4) is 0 Å². The van der Waals surface area contributed by atoms with Crippen molar-refractivity contribution in [1.82, 2.24) is 9.88 Å². The number of H-pyrrole nitrogens is 1. The molecule has 0 aliphatic carbocycles. The van der Waals surface area contributed by atoms with Gasteiger partial charge in [0.25, 0.3) is 0 Å². The summed E-state index contributed by atoms with van der Waals surface area (Å²) in [5, 5.41) is 0. The van der Waals surface area contributed by atoms with Gasteiger partial charge in [-0.05, 0) is 12.1 Å². The zero-order valence-electron chi connectivity index (χ0n) is 14.6. The highest BCUT2D eigenvalue weighted by Gasteiger charge is 2.21. The minimum absolute atomic E-state index is 0.320. The maximum Gasteiger partial charge on any atom is 0.417 e. The second-order valence-electron chi connectivity index (χ2n) is 6.45. The third kappa shape index (κ3) is 3.95. The minimum Gasteiger partial charge on any atom is -0.492 e. The fraction of sp³-hybridized carbons (Fsp3) is 0.316. The van der Waals surface area contributed by atoms with Gasteiger partial charge in [-0.1, -0.05) is 6.07 Å². The zero-order valence-corrected chi connectivity index (χ0v) is 14.6. The molecular formula is C19H19F2N3O3. The molecule has 8 heteroatoms. The molecule has 0 radical (unpaired) electrons. The third-order valence-corrected chi connectivity index (χ3v) is 4.65. The van der Waals surface area contributed by atoms with E-state index in [0.717, 1.165) is 13.1 Å². The van der Waals surface area contributed by atoms with Crippen molar-refractivity contribution in [1.29, 1.82) is 0 Å². The highest BCUT2D eigenvalue weighted by molar-refractivity contribution is 5.86. The highest BCUT2D eigenvalue weighted by Crippen LogP contribution is 2.27. The van der Waals surface area contributed by atoms with Gasteiger partial charge in [0.05, 0.1) is 11.2 Å². The third-order valence-electron chi connectivity index (χ3n) is 4.65. The predicted molar refractivity (Wildman–Crippen MR) is 97.3 cm³/mol. The molecule has 2 heterocycles. The van der Waals surface area contributed by atoms with Crippen LogP contribution in [0.5, 0.6) is 5.75 Å². The number of fused-ring (bicyclic) bond motifs is 1. The summed E-state index contributed by atoms with van der Waals surface area (Å²) in [6.45, 7) is 4.04. The zero-order chi connectivity index (χ0) is 18.8. The van der Waals surface area contributed by atoms with Gasteiger partial charge >= 0.3 is 5.76 Å². The molecule has 6 nitrogen and oxygen atoms in total. The standard InChI is InChI=1S/C19H19F2N3O3/c20-13-2-1-3-15(10-13)26-9-8-23-4-6-24(7-5-23)17-12-14(21)11-16-18(17)27-19(25)22-16/h1-3,10-12H,4-9H2,(H,22,25). The number of rotatable bonds is 5. The number of hydrogen-bond acceptors (Lipinski definition) is 5. The first-order valence-electron chi connectivity index (χ1n) is 8.76. The molecule has 0 saturated carbocycles. The van der Waals surface area contributed by atoms with E-state index in [2.05, 4.69) is 9.88 Å². The molecule has 1 saturated heterocycles. The Bertz CT molecular complexity index is 993. The second kappa shape index (κ2) is 7.40. The average molecular weight is 375 g/mol. The van der Waals surface area contributed by atoms with Crippen LogP contribution in [0.2, 0.25) is 0 Å². The van der Waals surface area contributed by atoms with E-state index < -0.39 is 11.6 Å². The number of hydrogen-bond donors (Lipinski definition) is 1. The Kier molecular flexibility index (Phi) is 4.81. The first-order chi connectivity index (χ1) is 13.1. The lowest BCUT2D eigenvalue weighted by Gasteiger charge is -2.35. The van der Waals surface area contributed by atoms with Crippen LogP contribution in [0.25, 0.3) is 11.1 Å². The molecule has 1 fully saturated rings. The summed E-state index contributed by atoms with van der Waals surface area (Å²) < 4.78 is 37.7. The number of aromatic amines is 1. The van der Waals surface area contributed by atoms with Crippen molar-refractivity contribution in [2.24, 2.45) is 0 Å². The van der Waals surface area contributed by atoms with Crippen LogP contribution < -0.4 is 15.4 Å². The Hall–Kier alpha value is -2.87. The molecule has 3 aromatic rings. The van der Waals surface area contributed by atoms with E-state index >= 15 is 0 Å². The molecule has 2 aromatic carbocycles. The van der Waals surface area contributed by atoms with Crippen LogP contribution in [-0.2, 0) is 0 Å². The number of aromatic nitrogens is 1. The molecule has 0 bridgehead atoms. The van der Waals surface area contributed by atoms with E-state index in [1.807, 2.05) is 4.90 Å². The summed E-state index contributed by atoms with van der Waals surface area (Å²) in [4.78, 5) is 18.2. The number of benzene rings is 2. The van der Waals surface area contributed by atoms with E-state index in [1.165, 1.54) is 24.3 Å². The molecule has 4 rings (SSSR count). The van der Waals surface area contributed by atoms with E-state index in [1.54, 1.807) is 12.1 Å². The minimum atomic E-state index is -0.593. The lowest BCUT2D eigenvalue weighted by atomic mass is 10.2. The topological polar surface area (TPSA) is 61.7 Å². The van der Waals surface area contributed by atoms with Crippen LogP contribution in [-0.4, -0.2) is 49.2 Å². The van der Waals surface area contributed by atoms with Gasteiger partial charge in [0.15, 0.2) is 5.58 Å². The Morgan fingerprint density at radius 2 is 1.89 bits per heavy atom. The van der Waals surface area contributed by atoms with Gasteiger partial charge in [-0.15, -0.1) is 0 Å². The van der Waals surface area contributed by atoms with Crippen LogP contribution in [0.15, 0.2) is 45.6 Å². The Morgan fingerprint density at radius 3 is 2.67 bits per heavy atom. The van der Waals surface area contributed by atoms with Crippen molar-refractivity contribution >= 4 is 16.8 Å². The van der Waals surface area contributed by atoms with Gasteiger partial charge in [0.1, 0.15) is 24.0 Å². The molecule has 0 amide bonds. The molecule has 0 spiro atoms. The van der Waals surface area contributed by atoms with E-state index in [-0.39, 0.29) is 5.82 Å². The van der Waals surface area contributed by atoms with Crippen LogP contribution in [0.1, 0.15) is 0 Å². The largest absolute Gasteiger partial charge is 0.492 e. The quantitative estimate of drug-likeness (QED) is 0.743. The number of nitrogens with zero attached hydrogens (tertiary/aromatic N) is 2. The number of piperazine rings is 1. The first-order valence-corrected chi connectivity index (χ1v) is 8.76. The maximum absolute atomic E-state index is 13.9. The molecule has 142 valence electrons. The van der Waals surface area contributed by atoms with Crippen molar-refractivity contribution in [3.05, 3.63) is 58.6 Å². The average Bonchev–Trinajstić information content (AvgIpc) is 3.02. The van der Waals surface area contributed by atoms with Crippen LogP contribution >= 0.6 is 0 Å². The van der Waals surface area contributed by atoms with E-state index in [9.17, 15) is 13.6 Å². The highest BCUT2D eigenvalue weighted by atomic mass is 19.1. The molecule has 1 aromatic heterocycles. The number of ether oxygens (including phenoxy) is 1. The number of oxazole rings is 1. The van der Waals surface area contributed by atoms with Crippen LogP contribution in [0, 0.1) is 11.6 Å². The summed E-state index contributed by atoms with van der Waals surface area (Å²) in [6, 6.07) is 8.72. The normalized spacial score (nSPS) is 15.4. The van der Waals surface area contributed by atoms with E-state index in [0.29, 0.717) is 48.8 Å². The van der Waals surface area contributed by atoms with Gasteiger partial charge < -0.3 is 14.1 Å². The molecular weight excluding hydrogens is 356 g/mol. The summed E-state index contributed by atoms with van der Waals surface area (Å²) in [6.07, 6.45) is 0. The summed E-state index contributed by atoms with van der Waals surface area (Å²) in [7, 11) is 0. The van der Waals surface area contributed by atoms with Gasteiger partial charge in [0.2, 0.25) is 0 Å². The lowest BCUT2D eigenvalue weighted by Crippen LogP contribution is -2.47. The second-order valence-corrected chi connectivity index (χ2v) is 6.45. The fourth-order valence-electron chi connectivity index (χ4n) is 3.30. The summed E-state index contributed by atoms with van der Waals surface area (Å²) in [5.74, 6) is -0.817. The van der Waals surface area contributed by atoms with Crippen molar-refractivity contribution < 1.29 is 17.9 Å². The van der Waals surface area contributed by atoms with Crippen molar-refractivity contribution in [2.45, 2.75) is 0 Å². The van der Waals surface area contributed by atoms with Gasteiger partial charge in [-0.25, -0.2) is 13.6 Å². The van der Waals surface area contributed by atoms with Gasteiger partial charge in [0, 0.05) is 50.9 Å². The van der Waals surface area contributed by atoms with Crippen molar-refractivity contribution in [2.75, 3.05) is 44.2 Å². The molecule has 1 N–H and O–H groups in total. The van der Waals surface area contributed by atoms with Crippen LogP contribution in [0.4, 0.5) is 14.5 Å². The Balaban J connectivity index is 1.35. The molecule has 1 aliphatic rings. The van der Waals surface area contributed by atoms with Crippen molar-refractivity contribution in [3.63, 3.8) is 0 Å². The number of halogens is 2. The Labute approximate surface area is 153 Å². The van der Waals surface area contributed by atoms with Gasteiger partial charge in [-0.3, -0.25) is 9.88 Å². The molecule has 0 unspecified atom stereocenters. The number of nitrogens with one attached hydrogen (secondary N) is 1. The molecule has 0 atom stereocenters. The Morgan fingerprint density at radius 1 is 1.07 bits per heavy atom.